The Morgan fingerprint density at radius 2 is 2.09 bits per heavy atom. The lowest BCUT2D eigenvalue weighted by Crippen LogP contribution is -2.29. The Labute approximate surface area is 67.2 Å². The average Bonchev–Trinajstić information content (AvgIpc) is 2.42. The molecule has 2 heteroatoms. The van der Waals surface area contributed by atoms with E-state index in [1.807, 2.05) is 13.0 Å². The van der Waals surface area contributed by atoms with Crippen LogP contribution in [0.1, 0.15) is 19.8 Å². The largest absolute Gasteiger partial charge is 0.350 e. The molecule has 62 valence electrons. The van der Waals surface area contributed by atoms with E-state index in [2.05, 4.69) is 6.58 Å². The number of ether oxygens (including phenoxy) is 2. The molecule has 0 aromatic carbocycles. The van der Waals surface area contributed by atoms with E-state index >= 15 is 0 Å². The molecule has 2 fully saturated rings. The van der Waals surface area contributed by atoms with Gasteiger partial charge in [-0.15, -0.1) is 6.58 Å². The van der Waals surface area contributed by atoms with Crippen molar-refractivity contribution >= 4 is 0 Å². The molecule has 2 aliphatic rings. The van der Waals surface area contributed by atoms with Crippen LogP contribution in [0.25, 0.3) is 0 Å². The molecule has 0 amide bonds. The maximum absolute atomic E-state index is 5.53. The first-order chi connectivity index (χ1) is 5.18. The molecule has 2 aliphatic heterocycles. The van der Waals surface area contributed by atoms with Crippen LogP contribution < -0.4 is 0 Å². The summed E-state index contributed by atoms with van der Waals surface area (Å²) in [6.07, 6.45) is 4.01. The lowest BCUT2D eigenvalue weighted by Gasteiger charge is -2.25. The van der Waals surface area contributed by atoms with Gasteiger partial charge in [-0.3, -0.25) is 0 Å². The van der Waals surface area contributed by atoms with Crippen LogP contribution >= 0.6 is 0 Å². The highest BCUT2D eigenvalue weighted by Gasteiger charge is 2.53. The van der Waals surface area contributed by atoms with Crippen LogP contribution in [0, 0.1) is 5.41 Å². The van der Waals surface area contributed by atoms with Gasteiger partial charge in [0.05, 0.1) is 13.2 Å². The smallest absolute Gasteiger partial charge is 0.166 e. The van der Waals surface area contributed by atoms with Gasteiger partial charge in [-0.05, 0) is 13.3 Å². The van der Waals surface area contributed by atoms with E-state index in [0.717, 1.165) is 26.1 Å². The zero-order valence-electron chi connectivity index (χ0n) is 6.93. The second-order valence-electron chi connectivity index (χ2n) is 3.88. The summed E-state index contributed by atoms with van der Waals surface area (Å²) in [5, 5.41) is 0. The van der Waals surface area contributed by atoms with Crippen LogP contribution in [-0.4, -0.2) is 19.0 Å². The van der Waals surface area contributed by atoms with E-state index in [0.29, 0.717) is 0 Å². The summed E-state index contributed by atoms with van der Waals surface area (Å²) in [5.74, 6) is -0.275. The first kappa shape index (κ1) is 7.32. The quantitative estimate of drug-likeness (QED) is 0.564. The fourth-order valence-electron chi connectivity index (χ4n) is 2.08. The minimum Gasteiger partial charge on any atom is -0.350 e. The lowest BCUT2D eigenvalue weighted by atomic mass is 9.85. The van der Waals surface area contributed by atoms with Gasteiger partial charge < -0.3 is 9.47 Å². The number of allylic oxidation sites excluding steroid dienone is 1. The molecule has 0 saturated carbocycles. The average molecular weight is 154 g/mol. The second-order valence-corrected chi connectivity index (χ2v) is 3.88. The highest BCUT2D eigenvalue weighted by atomic mass is 16.7. The fourth-order valence-corrected chi connectivity index (χ4v) is 2.08. The third-order valence-electron chi connectivity index (χ3n) is 2.64. The summed E-state index contributed by atoms with van der Waals surface area (Å²) in [4.78, 5) is 0. The van der Waals surface area contributed by atoms with Gasteiger partial charge in [0, 0.05) is 11.8 Å². The zero-order valence-corrected chi connectivity index (χ0v) is 6.93. The van der Waals surface area contributed by atoms with Crippen LogP contribution in [0.2, 0.25) is 0 Å². The van der Waals surface area contributed by atoms with Crippen LogP contribution in [0.5, 0.6) is 0 Å². The molecule has 2 rings (SSSR count). The Hall–Kier alpha value is -0.340. The molecule has 0 unspecified atom stereocenters. The van der Waals surface area contributed by atoms with Gasteiger partial charge in [0.2, 0.25) is 0 Å². The van der Waals surface area contributed by atoms with Gasteiger partial charge in [0.25, 0.3) is 0 Å². The number of hydrogen-bond donors (Lipinski definition) is 0. The van der Waals surface area contributed by atoms with Gasteiger partial charge in [-0.25, -0.2) is 0 Å². The molecular weight excluding hydrogens is 140 g/mol. The van der Waals surface area contributed by atoms with Crippen molar-refractivity contribution in [3.8, 4) is 0 Å². The molecule has 0 aromatic heterocycles. The summed E-state index contributed by atoms with van der Waals surface area (Å²) in [5.41, 5.74) is 0.260. The SMILES string of the molecule is C=CCC12COC(C)(C1)OC2. The van der Waals surface area contributed by atoms with Crippen molar-refractivity contribution in [2.24, 2.45) is 5.41 Å². The predicted molar refractivity (Wildman–Crippen MR) is 42.2 cm³/mol. The van der Waals surface area contributed by atoms with Crippen molar-refractivity contribution in [3.63, 3.8) is 0 Å². The molecule has 0 spiro atoms. The molecule has 2 heterocycles. The van der Waals surface area contributed by atoms with Crippen molar-refractivity contribution in [1.82, 2.24) is 0 Å². The third-order valence-corrected chi connectivity index (χ3v) is 2.64. The topological polar surface area (TPSA) is 18.5 Å². The molecular formula is C9H14O2. The van der Waals surface area contributed by atoms with Crippen LogP contribution in [0.3, 0.4) is 0 Å². The van der Waals surface area contributed by atoms with Gasteiger partial charge in [-0.1, -0.05) is 6.08 Å². The molecule has 0 radical (unpaired) electrons. The number of hydrogen-bond acceptors (Lipinski definition) is 2. The van der Waals surface area contributed by atoms with E-state index in [9.17, 15) is 0 Å². The standard InChI is InChI=1S/C9H14O2/c1-3-4-9-5-8(2,10-6-9)11-7-9/h3H,1,4-7H2,2H3. The van der Waals surface area contributed by atoms with Gasteiger partial charge in [0.1, 0.15) is 0 Å². The molecule has 2 bridgehead atoms. The van der Waals surface area contributed by atoms with Gasteiger partial charge in [0.15, 0.2) is 5.79 Å². The van der Waals surface area contributed by atoms with Crippen molar-refractivity contribution in [3.05, 3.63) is 12.7 Å². The van der Waals surface area contributed by atoms with Gasteiger partial charge in [-0.2, -0.15) is 0 Å². The van der Waals surface area contributed by atoms with Crippen LogP contribution in [-0.2, 0) is 9.47 Å². The van der Waals surface area contributed by atoms with E-state index in [1.54, 1.807) is 0 Å². The second kappa shape index (κ2) is 2.08. The first-order valence-corrected chi connectivity index (χ1v) is 4.07. The summed E-state index contributed by atoms with van der Waals surface area (Å²) in [6.45, 7) is 7.45. The van der Waals surface area contributed by atoms with E-state index < -0.39 is 0 Å². The monoisotopic (exact) mass is 154 g/mol. The Kier molecular flexibility index (Phi) is 1.38. The van der Waals surface area contributed by atoms with Crippen molar-refractivity contribution < 1.29 is 9.47 Å². The molecule has 0 aromatic rings. The van der Waals surface area contributed by atoms with Crippen LogP contribution in [0.4, 0.5) is 0 Å². The highest BCUT2D eigenvalue weighted by Crippen LogP contribution is 2.49. The minimum atomic E-state index is -0.275. The van der Waals surface area contributed by atoms with E-state index in [4.69, 9.17) is 9.47 Å². The molecule has 0 aliphatic carbocycles. The van der Waals surface area contributed by atoms with E-state index in [-0.39, 0.29) is 11.2 Å². The summed E-state index contributed by atoms with van der Waals surface area (Å²) < 4.78 is 11.1. The first-order valence-electron chi connectivity index (χ1n) is 4.07. The lowest BCUT2D eigenvalue weighted by molar-refractivity contribution is -0.210. The summed E-state index contributed by atoms with van der Waals surface area (Å²) >= 11 is 0. The summed E-state index contributed by atoms with van der Waals surface area (Å²) in [6, 6.07) is 0. The number of rotatable bonds is 2. The Morgan fingerprint density at radius 3 is 2.45 bits per heavy atom. The third kappa shape index (κ3) is 1.01. The highest BCUT2D eigenvalue weighted by molar-refractivity contribution is 4.99. The molecule has 2 nitrogen and oxygen atoms in total. The summed E-state index contributed by atoms with van der Waals surface area (Å²) in [7, 11) is 0. The van der Waals surface area contributed by atoms with E-state index in [1.165, 1.54) is 0 Å². The Bertz CT molecular complexity index is 178. The Morgan fingerprint density at radius 1 is 1.45 bits per heavy atom. The molecule has 2 saturated heterocycles. The molecule has 0 N–H and O–H groups in total. The maximum atomic E-state index is 5.53. The van der Waals surface area contributed by atoms with Crippen molar-refractivity contribution in [1.29, 1.82) is 0 Å². The van der Waals surface area contributed by atoms with Crippen LogP contribution in [0.15, 0.2) is 12.7 Å². The molecule has 0 atom stereocenters. The predicted octanol–water partition coefficient (Wildman–Crippen LogP) is 1.72. The zero-order chi connectivity index (χ0) is 7.95. The fraction of sp³-hybridized carbons (Fsp3) is 0.778. The molecule has 11 heavy (non-hydrogen) atoms. The van der Waals surface area contributed by atoms with Crippen molar-refractivity contribution in [2.45, 2.75) is 25.6 Å². The Balaban J connectivity index is 2.13. The normalized spacial score (nSPS) is 48.1. The van der Waals surface area contributed by atoms with Crippen molar-refractivity contribution in [2.75, 3.05) is 13.2 Å². The maximum Gasteiger partial charge on any atom is 0.166 e. The van der Waals surface area contributed by atoms with Gasteiger partial charge >= 0.3 is 0 Å². The minimum absolute atomic E-state index is 0.260. The number of fused-ring (bicyclic) bond motifs is 2.